The first-order valence-electron chi connectivity index (χ1n) is 4.18. The van der Waals surface area contributed by atoms with E-state index in [1.165, 1.54) is 0 Å². The number of alkyl halides is 2. The van der Waals surface area contributed by atoms with E-state index in [1.807, 2.05) is 0 Å². The number of hydroxylamine groups is 2. The van der Waals surface area contributed by atoms with E-state index in [-0.39, 0.29) is 19.0 Å². The van der Waals surface area contributed by atoms with Gasteiger partial charge in [0.15, 0.2) is 0 Å². The molecule has 4 nitrogen and oxygen atoms in total. The van der Waals surface area contributed by atoms with Crippen molar-refractivity contribution in [3.8, 4) is 0 Å². The van der Waals surface area contributed by atoms with E-state index in [1.54, 1.807) is 0 Å². The first-order chi connectivity index (χ1) is 6.11. The van der Waals surface area contributed by atoms with Gasteiger partial charge in [-0.15, -0.1) is 0 Å². The number of amides is 2. The summed E-state index contributed by atoms with van der Waals surface area (Å²) in [6.45, 7) is 0.227. The topological polar surface area (TPSA) is 43.8 Å². The van der Waals surface area contributed by atoms with Gasteiger partial charge in [0.2, 0.25) is 0 Å². The molecule has 0 saturated carbocycles. The van der Waals surface area contributed by atoms with E-state index >= 15 is 0 Å². The summed E-state index contributed by atoms with van der Waals surface area (Å²) < 4.78 is 24.8. The van der Waals surface area contributed by atoms with Gasteiger partial charge in [0.05, 0.1) is 12.1 Å². The summed E-state index contributed by atoms with van der Waals surface area (Å²) in [5, 5.41) is 9.74. The monoisotopic (exact) mass is 192 g/mol. The Morgan fingerprint density at radius 2 is 2.15 bits per heavy atom. The van der Waals surface area contributed by atoms with E-state index in [0.29, 0.717) is 11.5 Å². The maximum atomic E-state index is 12.4. The summed E-state index contributed by atoms with van der Waals surface area (Å²) in [6, 6.07) is -1.99. The summed E-state index contributed by atoms with van der Waals surface area (Å²) in [4.78, 5) is 12.2. The molecule has 0 aromatic carbocycles. The van der Waals surface area contributed by atoms with Gasteiger partial charge in [-0.2, -0.15) is 0 Å². The zero-order chi connectivity index (χ0) is 9.59. The molecule has 74 valence electrons. The number of carbonyl (C=O) groups excluding carboxylic acids is 1. The van der Waals surface area contributed by atoms with Crippen LogP contribution in [-0.4, -0.2) is 46.3 Å². The molecule has 2 heterocycles. The zero-order valence-electron chi connectivity index (χ0n) is 6.86. The Labute approximate surface area is 73.7 Å². The lowest BCUT2D eigenvalue weighted by atomic mass is 10.0. The largest absolute Gasteiger partial charge is 0.344 e. The van der Waals surface area contributed by atoms with E-state index in [2.05, 4.69) is 0 Å². The predicted octanol–water partition coefficient (Wildman–Crippen LogP) is 0.909. The molecule has 2 aliphatic rings. The molecule has 6 heteroatoms. The summed E-state index contributed by atoms with van der Waals surface area (Å²) >= 11 is 0. The summed E-state index contributed by atoms with van der Waals surface area (Å²) in [7, 11) is 0. The average Bonchev–Trinajstić information content (AvgIpc) is 2.32. The molecule has 0 aromatic rings. The standard InChI is InChI=1S/C7H10F2N2O2/c8-6(9)5-2-1-4-3-10(5)7(12)11(4)13/h4-6,13H,1-3H2/t4-,5+/m1/s1. The number of piperidine rings is 1. The number of carbonyl (C=O) groups is 1. The van der Waals surface area contributed by atoms with Crippen LogP contribution in [0.3, 0.4) is 0 Å². The highest BCUT2D eigenvalue weighted by atomic mass is 19.3. The van der Waals surface area contributed by atoms with Gasteiger partial charge >= 0.3 is 6.03 Å². The van der Waals surface area contributed by atoms with Gasteiger partial charge in [-0.1, -0.05) is 0 Å². The lowest BCUT2D eigenvalue weighted by molar-refractivity contribution is -0.0586. The molecule has 2 amide bonds. The molecule has 2 fully saturated rings. The average molecular weight is 192 g/mol. The highest BCUT2D eigenvalue weighted by Crippen LogP contribution is 2.30. The first kappa shape index (κ1) is 8.68. The van der Waals surface area contributed by atoms with Gasteiger partial charge in [-0.25, -0.2) is 18.6 Å². The number of fused-ring (bicyclic) bond motifs is 2. The fraction of sp³-hybridized carbons (Fsp3) is 0.857. The molecule has 0 spiro atoms. The van der Waals surface area contributed by atoms with E-state index in [0.717, 1.165) is 4.90 Å². The molecule has 1 N–H and O–H groups in total. The second-order valence-electron chi connectivity index (χ2n) is 3.41. The molecule has 0 unspecified atom stereocenters. The molecular formula is C7H10F2N2O2. The molecule has 0 radical (unpaired) electrons. The van der Waals surface area contributed by atoms with Crippen LogP contribution in [0, 0.1) is 0 Å². The SMILES string of the molecule is O=C1N(O)[C@@H]2CC[C@@H](C(F)F)N1C2. The van der Waals surface area contributed by atoms with Gasteiger partial charge in [0, 0.05) is 6.54 Å². The highest BCUT2D eigenvalue weighted by molar-refractivity contribution is 5.76. The first-order valence-corrected chi connectivity index (χ1v) is 4.18. The number of halogens is 2. The summed E-state index contributed by atoms with van der Waals surface area (Å²) in [5.74, 6) is 0. The van der Waals surface area contributed by atoms with Crippen LogP contribution in [0.4, 0.5) is 13.6 Å². The van der Waals surface area contributed by atoms with Crippen LogP contribution in [-0.2, 0) is 0 Å². The third-order valence-corrected chi connectivity index (χ3v) is 2.68. The lowest BCUT2D eigenvalue weighted by Crippen LogP contribution is -2.44. The van der Waals surface area contributed by atoms with Crippen molar-refractivity contribution in [2.75, 3.05) is 6.54 Å². The van der Waals surface area contributed by atoms with E-state index in [4.69, 9.17) is 5.21 Å². The van der Waals surface area contributed by atoms with Gasteiger partial charge in [-0.05, 0) is 12.8 Å². The maximum Gasteiger partial charge on any atom is 0.344 e. The van der Waals surface area contributed by atoms with Crippen LogP contribution in [0.2, 0.25) is 0 Å². The minimum Gasteiger partial charge on any atom is -0.312 e. The zero-order valence-corrected chi connectivity index (χ0v) is 6.86. The van der Waals surface area contributed by atoms with Crippen LogP contribution >= 0.6 is 0 Å². The van der Waals surface area contributed by atoms with Crippen molar-refractivity contribution in [2.24, 2.45) is 0 Å². The molecule has 2 atom stereocenters. The smallest absolute Gasteiger partial charge is 0.312 e. The van der Waals surface area contributed by atoms with Gasteiger partial charge in [0.1, 0.15) is 0 Å². The Morgan fingerprint density at radius 1 is 1.46 bits per heavy atom. The molecule has 2 bridgehead atoms. The van der Waals surface area contributed by atoms with Crippen LogP contribution in [0.1, 0.15) is 12.8 Å². The Hall–Kier alpha value is -0.910. The summed E-state index contributed by atoms with van der Waals surface area (Å²) in [6.07, 6.45) is -1.80. The fourth-order valence-corrected chi connectivity index (χ4v) is 1.94. The van der Waals surface area contributed by atoms with Gasteiger partial charge in [0.25, 0.3) is 6.43 Å². The minimum absolute atomic E-state index is 0.227. The van der Waals surface area contributed by atoms with Gasteiger partial charge < -0.3 is 4.90 Å². The van der Waals surface area contributed by atoms with Crippen molar-refractivity contribution in [1.82, 2.24) is 9.96 Å². The Morgan fingerprint density at radius 3 is 2.77 bits per heavy atom. The molecule has 2 aliphatic heterocycles. The lowest BCUT2D eigenvalue weighted by Gasteiger charge is -2.29. The number of nitrogens with zero attached hydrogens (tertiary/aromatic N) is 2. The molecule has 2 rings (SSSR count). The Bertz CT molecular complexity index is 237. The quantitative estimate of drug-likeness (QED) is 0.627. The predicted molar refractivity (Wildman–Crippen MR) is 38.5 cm³/mol. The molecule has 0 aromatic heterocycles. The van der Waals surface area contributed by atoms with Gasteiger partial charge in [-0.3, -0.25) is 5.21 Å². The van der Waals surface area contributed by atoms with Crippen LogP contribution in [0.5, 0.6) is 0 Å². The Kier molecular flexibility index (Phi) is 1.87. The van der Waals surface area contributed by atoms with Crippen molar-refractivity contribution < 1.29 is 18.8 Å². The van der Waals surface area contributed by atoms with Crippen molar-refractivity contribution in [3.05, 3.63) is 0 Å². The number of rotatable bonds is 1. The van der Waals surface area contributed by atoms with Crippen molar-refractivity contribution in [3.63, 3.8) is 0 Å². The fourth-order valence-electron chi connectivity index (χ4n) is 1.94. The number of urea groups is 1. The second-order valence-corrected chi connectivity index (χ2v) is 3.41. The van der Waals surface area contributed by atoms with Crippen LogP contribution in [0.25, 0.3) is 0 Å². The Balaban J connectivity index is 2.17. The number of hydrogen-bond donors (Lipinski definition) is 1. The maximum absolute atomic E-state index is 12.4. The molecule has 0 aliphatic carbocycles. The molecule has 2 saturated heterocycles. The minimum atomic E-state index is -2.52. The third kappa shape index (κ3) is 1.16. The van der Waals surface area contributed by atoms with E-state index in [9.17, 15) is 13.6 Å². The highest BCUT2D eigenvalue weighted by Gasteiger charge is 2.47. The normalized spacial score (nSPS) is 33.4. The molecule has 13 heavy (non-hydrogen) atoms. The van der Waals surface area contributed by atoms with Crippen molar-refractivity contribution in [1.29, 1.82) is 0 Å². The summed E-state index contributed by atoms with van der Waals surface area (Å²) in [5.41, 5.74) is 0. The van der Waals surface area contributed by atoms with E-state index < -0.39 is 18.5 Å². The third-order valence-electron chi connectivity index (χ3n) is 2.68. The second kappa shape index (κ2) is 2.80. The van der Waals surface area contributed by atoms with Crippen molar-refractivity contribution >= 4 is 6.03 Å². The number of hydrogen-bond acceptors (Lipinski definition) is 2. The van der Waals surface area contributed by atoms with Crippen LogP contribution in [0.15, 0.2) is 0 Å². The molecular weight excluding hydrogens is 182 g/mol. The van der Waals surface area contributed by atoms with Crippen LogP contribution < -0.4 is 0 Å². The van der Waals surface area contributed by atoms with Crippen molar-refractivity contribution in [2.45, 2.75) is 31.4 Å².